The van der Waals surface area contributed by atoms with Crippen LogP contribution in [0.3, 0.4) is 0 Å². The first-order valence-electron chi connectivity index (χ1n) is 3.80. The van der Waals surface area contributed by atoms with Crippen LogP contribution in [0.4, 0.5) is 0 Å². The van der Waals surface area contributed by atoms with Crippen LogP contribution in [-0.4, -0.2) is 40.5 Å². The smallest absolute Gasteiger partial charge is 0.104 e. The second kappa shape index (κ2) is 3.32. The zero-order valence-corrected chi connectivity index (χ0v) is 6.32. The van der Waals surface area contributed by atoms with Gasteiger partial charge in [-0.05, 0) is 19.8 Å². The first-order valence-corrected chi connectivity index (χ1v) is 3.80. The monoisotopic (exact) mass is 145 g/mol. The Morgan fingerprint density at radius 2 is 2.20 bits per heavy atom. The van der Waals surface area contributed by atoms with E-state index in [1.54, 1.807) is 6.92 Å². The molecule has 0 amide bonds. The lowest BCUT2D eigenvalue weighted by atomic mass is 10.4. The second-order valence-electron chi connectivity index (χ2n) is 2.82. The summed E-state index contributed by atoms with van der Waals surface area (Å²) in [5, 5.41) is 17.8. The number of aliphatic hydroxyl groups is 2. The van der Waals surface area contributed by atoms with E-state index in [0.29, 0.717) is 12.6 Å². The Morgan fingerprint density at radius 3 is 2.50 bits per heavy atom. The summed E-state index contributed by atoms with van der Waals surface area (Å²) in [7, 11) is 0. The minimum Gasteiger partial charge on any atom is -0.395 e. The molecule has 1 saturated carbocycles. The molecular formula is C7H15NO2. The number of nitrogens with zero attached hydrogens (tertiary/aromatic N) is 1. The first-order chi connectivity index (χ1) is 4.75. The maximum Gasteiger partial charge on any atom is 0.104 e. The summed E-state index contributed by atoms with van der Waals surface area (Å²) in [6.45, 7) is 2.48. The van der Waals surface area contributed by atoms with Gasteiger partial charge in [0.2, 0.25) is 0 Å². The minimum absolute atomic E-state index is 0.140. The van der Waals surface area contributed by atoms with Gasteiger partial charge in [0.25, 0.3) is 0 Å². The zero-order chi connectivity index (χ0) is 7.56. The largest absolute Gasteiger partial charge is 0.395 e. The molecule has 2 N–H and O–H groups in total. The van der Waals surface area contributed by atoms with Crippen LogP contribution in [0.25, 0.3) is 0 Å². The van der Waals surface area contributed by atoms with Gasteiger partial charge < -0.3 is 10.2 Å². The van der Waals surface area contributed by atoms with Crippen LogP contribution >= 0.6 is 0 Å². The van der Waals surface area contributed by atoms with E-state index >= 15 is 0 Å². The average molecular weight is 145 g/mol. The Kier molecular flexibility index (Phi) is 2.65. The van der Waals surface area contributed by atoms with E-state index in [9.17, 15) is 0 Å². The van der Waals surface area contributed by atoms with Gasteiger partial charge in [-0.3, -0.25) is 4.90 Å². The molecule has 60 valence electrons. The molecule has 10 heavy (non-hydrogen) atoms. The van der Waals surface area contributed by atoms with Crippen LogP contribution in [-0.2, 0) is 0 Å². The fraction of sp³-hybridized carbons (Fsp3) is 1.00. The molecule has 1 aliphatic rings. The lowest BCUT2D eigenvalue weighted by Gasteiger charge is -2.23. The van der Waals surface area contributed by atoms with E-state index in [1.165, 1.54) is 12.8 Å². The molecular weight excluding hydrogens is 130 g/mol. The van der Waals surface area contributed by atoms with Crippen molar-refractivity contribution in [3.05, 3.63) is 0 Å². The van der Waals surface area contributed by atoms with Gasteiger partial charge in [0.05, 0.1) is 6.61 Å². The highest BCUT2D eigenvalue weighted by molar-refractivity contribution is 4.84. The summed E-state index contributed by atoms with van der Waals surface area (Å²) < 4.78 is 0. The molecule has 3 nitrogen and oxygen atoms in total. The van der Waals surface area contributed by atoms with Crippen LogP contribution < -0.4 is 0 Å². The third-order valence-electron chi connectivity index (χ3n) is 1.85. The van der Waals surface area contributed by atoms with Gasteiger partial charge in [0, 0.05) is 12.6 Å². The number of aliphatic hydroxyl groups excluding tert-OH is 2. The fourth-order valence-corrected chi connectivity index (χ4v) is 1.20. The molecule has 1 aliphatic carbocycles. The number of hydrogen-bond donors (Lipinski definition) is 2. The summed E-state index contributed by atoms with van der Waals surface area (Å²) in [5.74, 6) is 0. The summed E-state index contributed by atoms with van der Waals surface area (Å²) in [4.78, 5) is 1.93. The van der Waals surface area contributed by atoms with Crippen molar-refractivity contribution in [1.29, 1.82) is 0 Å². The van der Waals surface area contributed by atoms with Crippen molar-refractivity contribution in [2.45, 2.75) is 32.0 Å². The van der Waals surface area contributed by atoms with E-state index < -0.39 is 6.23 Å². The third-order valence-corrected chi connectivity index (χ3v) is 1.85. The van der Waals surface area contributed by atoms with E-state index in [0.717, 1.165) is 0 Å². The lowest BCUT2D eigenvalue weighted by Crippen LogP contribution is -2.36. The van der Waals surface area contributed by atoms with Crippen LogP contribution in [0.5, 0.6) is 0 Å². The van der Waals surface area contributed by atoms with Crippen molar-refractivity contribution in [2.75, 3.05) is 13.2 Å². The SMILES string of the molecule is CC(O)N(CCO)C1CC1. The van der Waals surface area contributed by atoms with Gasteiger partial charge in [-0.2, -0.15) is 0 Å². The molecule has 0 bridgehead atoms. The molecule has 0 heterocycles. The fourth-order valence-electron chi connectivity index (χ4n) is 1.20. The molecule has 0 aromatic carbocycles. The summed E-state index contributed by atoms with van der Waals surface area (Å²) in [6, 6.07) is 0.534. The Morgan fingerprint density at radius 1 is 1.60 bits per heavy atom. The Balaban J connectivity index is 2.26. The zero-order valence-electron chi connectivity index (χ0n) is 6.32. The second-order valence-corrected chi connectivity index (χ2v) is 2.82. The van der Waals surface area contributed by atoms with E-state index in [2.05, 4.69) is 0 Å². The van der Waals surface area contributed by atoms with Crippen LogP contribution in [0.1, 0.15) is 19.8 Å². The van der Waals surface area contributed by atoms with Gasteiger partial charge in [-0.15, -0.1) is 0 Å². The molecule has 0 aromatic heterocycles. The summed E-state index contributed by atoms with van der Waals surface area (Å²) >= 11 is 0. The standard InChI is InChI=1S/C7H15NO2/c1-6(10)8(4-5-9)7-2-3-7/h6-7,9-10H,2-5H2,1H3. The average Bonchev–Trinajstić information content (AvgIpc) is 2.63. The molecule has 0 radical (unpaired) electrons. The highest BCUT2D eigenvalue weighted by atomic mass is 16.3. The van der Waals surface area contributed by atoms with Gasteiger partial charge in [-0.1, -0.05) is 0 Å². The Bertz CT molecular complexity index is 99.8. The van der Waals surface area contributed by atoms with E-state index in [-0.39, 0.29) is 6.61 Å². The van der Waals surface area contributed by atoms with Crippen LogP contribution in [0.2, 0.25) is 0 Å². The molecule has 3 heteroatoms. The lowest BCUT2D eigenvalue weighted by molar-refractivity contribution is 0.00252. The summed E-state index contributed by atoms with van der Waals surface area (Å²) in [5.41, 5.74) is 0. The number of rotatable bonds is 4. The van der Waals surface area contributed by atoms with Crippen molar-refractivity contribution in [2.24, 2.45) is 0 Å². The minimum atomic E-state index is -0.403. The molecule has 1 unspecified atom stereocenters. The molecule has 1 rings (SSSR count). The Hall–Kier alpha value is -0.120. The predicted octanol–water partition coefficient (Wildman–Crippen LogP) is -0.219. The first kappa shape index (κ1) is 7.98. The van der Waals surface area contributed by atoms with Crippen molar-refractivity contribution in [3.8, 4) is 0 Å². The van der Waals surface area contributed by atoms with Crippen molar-refractivity contribution >= 4 is 0 Å². The van der Waals surface area contributed by atoms with Crippen LogP contribution in [0, 0.1) is 0 Å². The molecule has 0 aliphatic heterocycles. The molecule has 0 spiro atoms. The highest BCUT2D eigenvalue weighted by Gasteiger charge is 2.30. The van der Waals surface area contributed by atoms with Crippen molar-refractivity contribution in [3.63, 3.8) is 0 Å². The van der Waals surface area contributed by atoms with Gasteiger partial charge in [-0.25, -0.2) is 0 Å². The normalized spacial score (nSPS) is 21.6. The van der Waals surface area contributed by atoms with Crippen LogP contribution in [0.15, 0.2) is 0 Å². The molecule has 0 aromatic rings. The Labute approximate surface area is 61.3 Å². The van der Waals surface area contributed by atoms with E-state index in [1.807, 2.05) is 4.90 Å². The van der Waals surface area contributed by atoms with Gasteiger partial charge >= 0.3 is 0 Å². The molecule has 0 saturated heterocycles. The van der Waals surface area contributed by atoms with Crippen molar-refractivity contribution < 1.29 is 10.2 Å². The topological polar surface area (TPSA) is 43.7 Å². The maximum absolute atomic E-state index is 9.17. The molecule has 1 fully saturated rings. The predicted molar refractivity (Wildman–Crippen MR) is 38.5 cm³/mol. The van der Waals surface area contributed by atoms with Crippen molar-refractivity contribution in [1.82, 2.24) is 4.90 Å². The summed E-state index contributed by atoms with van der Waals surface area (Å²) in [6.07, 6.45) is 1.94. The number of hydrogen-bond acceptors (Lipinski definition) is 3. The molecule has 1 atom stereocenters. The third kappa shape index (κ3) is 1.94. The van der Waals surface area contributed by atoms with Gasteiger partial charge in [0.15, 0.2) is 0 Å². The maximum atomic E-state index is 9.17. The van der Waals surface area contributed by atoms with E-state index in [4.69, 9.17) is 10.2 Å². The quantitative estimate of drug-likeness (QED) is 0.538. The highest BCUT2D eigenvalue weighted by Crippen LogP contribution is 2.27. The van der Waals surface area contributed by atoms with Gasteiger partial charge in [0.1, 0.15) is 6.23 Å².